The summed E-state index contributed by atoms with van der Waals surface area (Å²) in [6.45, 7) is 4.35. The van der Waals surface area contributed by atoms with Crippen LogP contribution in [0.2, 0.25) is 0 Å². The molecule has 0 bridgehead atoms. The van der Waals surface area contributed by atoms with E-state index in [-0.39, 0.29) is 24.4 Å². The van der Waals surface area contributed by atoms with E-state index in [1.54, 1.807) is 0 Å². The van der Waals surface area contributed by atoms with E-state index in [1.807, 2.05) is 0 Å². The fraction of sp³-hybridized carbons (Fsp3) is 0.854. The third kappa shape index (κ3) is 31.4. The van der Waals surface area contributed by atoms with Crippen molar-refractivity contribution in [3.63, 3.8) is 0 Å². The molecule has 0 saturated carbocycles. The Kier molecular flexibility index (Phi) is 33.0. The van der Waals surface area contributed by atoms with Gasteiger partial charge in [-0.25, -0.2) is 0 Å². The molecular weight excluding hydrogens is 588 g/mol. The van der Waals surface area contributed by atoms with Gasteiger partial charge in [-0.3, -0.25) is 9.59 Å². The lowest BCUT2D eigenvalue weighted by atomic mass is 9.81. The van der Waals surface area contributed by atoms with Crippen molar-refractivity contribution in [1.29, 1.82) is 0 Å². The number of aliphatic carboxylic acids is 2. The number of hydrogen-bond donors (Lipinski definition) is 4. The Balaban J connectivity index is 4.02. The maximum Gasteiger partial charge on any atom is 0.306 e. The second-order valence-electron chi connectivity index (χ2n) is 14.1. The van der Waals surface area contributed by atoms with Crippen LogP contribution in [0.15, 0.2) is 24.3 Å². The van der Waals surface area contributed by atoms with Crippen LogP contribution in [0.1, 0.15) is 200 Å². The van der Waals surface area contributed by atoms with Gasteiger partial charge in [0.05, 0.1) is 18.1 Å². The van der Waals surface area contributed by atoms with Gasteiger partial charge in [0.25, 0.3) is 0 Å². The first-order valence-corrected chi connectivity index (χ1v) is 19.9. The van der Waals surface area contributed by atoms with Gasteiger partial charge < -0.3 is 20.4 Å². The maximum atomic E-state index is 12.2. The summed E-state index contributed by atoms with van der Waals surface area (Å²) in [4.78, 5) is 22.7. The van der Waals surface area contributed by atoms with Crippen LogP contribution in [0.3, 0.4) is 0 Å². The zero-order chi connectivity index (χ0) is 34.8. The average Bonchev–Trinajstić information content (AvgIpc) is 3.04. The lowest BCUT2D eigenvalue weighted by molar-refractivity contribution is -0.144. The van der Waals surface area contributed by atoms with Gasteiger partial charge in [0.1, 0.15) is 0 Å². The monoisotopic (exact) mass is 665 g/mol. The molecular formula is C41H76O6. The number of carboxylic acids is 2. The van der Waals surface area contributed by atoms with Crippen molar-refractivity contribution in [1.82, 2.24) is 0 Å². The highest BCUT2D eigenvalue weighted by Gasteiger charge is 2.27. The van der Waals surface area contributed by atoms with E-state index in [9.17, 15) is 24.9 Å². The Morgan fingerprint density at radius 3 is 1.47 bits per heavy atom. The Labute approximate surface area is 289 Å². The van der Waals surface area contributed by atoms with Gasteiger partial charge in [-0.05, 0) is 83.0 Å². The molecule has 0 aliphatic rings. The summed E-state index contributed by atoms with van der Waals surface area (Å²) >= 11 is 0. The standard InChI is InChI=1S/C41H76O6/c1-3-5-6-18-23-29-37(42)30-24-19-14-11-9-12-16-21-26-32-39(41(46)47)36(28-4-2)34-35-38(43)31-25-20-15-10-7-8-13-17-22-27-33-40(44)45/h19-20,24-25,36-39,42-43H,3-18,21-23,26-35H2,1-2H3,(H,44,45)(H,46,47)/t36?,37-,38?,39?/m1/s1. The molecule has 0 aliphatic heterocycles. The van der Waals surface area contributed by atoms with Crippen LogP contribution in [-0.4, -0.2) is 44.6 Å². The predicted molar refractivity (Wildman–Crippen MR) is 198 cm³/mol. The molecule has 0 radical (unpaired) electrons. The summed E-state index contributed by atoms with van der Waals surface area (Å²) in [6, 6.07) is 0. The normalized spacial score (nSPS) is 14.6. The Hall–Kier alpha value is -1.66. The van der Waals surface area contributed by atoms with Crippen molar-refractivity contribution in [3.8, 4) is 0 Å². The van der Waals surface area contributed by atoms with Gasteiger partial charge in [-0.15, -0.1) is 0 Å². The summed E-state index contributed by atoms with van der Waals surface area (Å²) in [5.41, 5.74) is 0. The van der Waals surface area contributed by atoms with Crippen LogP contribution < -0.4 is 0 Å². The molecule has 4 atom stereocenters. The largest absolute Gasteiger partial charge is 0.481 e. The minimum Gasteiger partial charge on any atom is -0.481 e. The SMILES string of the molecule is CCCCCCC[C@@H](O)CC=CCCCCCCCCC(C(=O)O)C(CCC)CCC(O)CC=CCCCCCCCCCC(=O)O. The van der Waals surface area contributed by atoms with E-state index in [1.165, 1.54) is 64.2 Å². The fourth-order valence-electron chi connectivity index (χ4n) is 6.60. The molecule has 0 aromatic carbocycles. The molecule has 47 heavy (non-hydrogen) atoms. The number of hydrogen-bond acceptors (Lipinski definition) is 4. The zero-order valence-corrected chi connectivity index (χ0v) is 30.7. The van der Waals surface area contributed by atoms with Crippen molar-refractivity contribution in [2.45, 2.75) is 212 Å². The molecule has 0 aliphatic carbocycles. The first kappa shape index (κ1) is 45.3. The first-order valence-electron chi connectivity index (χ1n) is 19.9. The second kappa shape index (κ2) is 34.2. The number of aliphatic hydroxyl groups is 2. The van der Waals surface area contributed by atoms with Gasteiger partial charge >= 0.3 is 11.9 Å². The molecule has 0 aromatic heterocycles. The van der Waals surface area contributed by atoms with E-state index in [2.05, 4.69) is 38.2 Å². The van der Waals surface area contributed by atoms with E-state index in [0.717, 1.165) is 103 Å². The van der Waals surface area contributed by atoms with E-state index < -0.39 is 18.0 Å². The lowest BCUT2D eigenvalue weighted by Gasteiger charge is -2.24. The third-order valence-electron chi connectivity index (χ3n) is 9.60. The molecule has 0 aromatic rings. The van der Waals surface area contributed by atoms with Gasteiger partial charge in [0.15, 0.2) is 0 Å². The van der Waals surface area contributed by atoms with Crippen molar-refractivity contribution in [2.75, 3.05) is 0 Å². The molecule has 0 fully saturated rings. The topological polar surface area (TPSA) is 115 Å². The highest BCUT2D eigenvalue weighted by Crippen LogP contribution is 2.29. The van der Waals surface area contributed by atoms with Gasteiger partial charge in [0.2, 0.25) is 0 Å². The fourth-order valence-corrected chi connectivity index (χ4v) is 6.60. The molecule has 0 spiro atoms. The predicted octanol–water partition coefficient (Wildman–Crippen LogP) is 11.6. The molecule has 3 unspecified atom stereocenters. The quantitative estimate of drug-likeness (QED) is 0.0391. The number of unbranched alkanes of at least 4 members (excludes halogenated alkanes) is 17. The molecule has 0 rings (SSSR count). The first-order chi connectivity index (χ1) is 22.8. The Morgan fingerprint density at radius 2 is 0.957 bits per heavy atom. The van der Waals surface area contributed by atoms with Crippen molar-refractivity contribution < 1.29 is 30.0 Å². The zero-order valence-electron chi connectivity index (χ0n) is 30.7. The number of carboxylic acid groups (broad SMARTS) is 2. The number of allylic oxidation sites excluding steroid dienone is 2. The summed E-state index contributed by atoms with van der Waals surface area (Å²) in [5.74, 6) is -1.56. The number of aliphatic hydroxyl groups excluding tert-OH is 2. The van der Waals surface area contributed by atoms with Crippen LogP contribution in [0.5, 0.6) is 0 Å². The van der Waals surface area contributed by atoms with Crippen LogP contribution in [0.25, 0.3) is 0 Å². The van der Waals surface area contributed by atoms with Crippen molar-refractivity contribution >= 4 is 11.9 Å². The van der Waals surface area contributed by atoms with E-state index >= 15 is 0 Å². The average molecular weight is 665 g/mol. The molecule has 0 saturated heterocycles. The van der Waals surface area contributed by atoms with Gasteiger partial charge in [0, 0.05) is 6.42 Å². The van der Waals surface area contributed by atoms with Crippen LogP contribution >= 0.6 is 0 Å². The maximum absolute atomic E-state index is 12.2. The molecule has 4 N–H and O–H groups in total. The van der Waals surface area contributed by atoms with E-state index in [0.29, 0.717) is 12.8 Å². The third-order valence-corrected chi connectivity index (χ3v) is 9.60. The summed E-state index contributed by atoms with van der Waals surface area (Å²) in [5, 5.41) is 39.3. The molecule has 276 valence electrons. The van der Waals surface area contributed by atoms with Crippen LogP contribution in [0.4, 0.5) is 0 Å². The van der Waals surface area contributed by atoms with Crippen molar-refractivity contribution in [3.05, 3.63) is 24.3 Å². The highest BCUT2D eigenvalue weighted by atomic mass is 16.4. The van der Waals surface area contributed by atoms with Crippen LogP contribution in [-0.2, 0) is 9.59 Å². The number of carbonyl (C=O) groups is 2. The second-order valence-corrected chi connectivity index (χ2v) is 14.1. The van der Waals surface area contributed by atoms with Gasteiger partial charge in [-0.2, -0.15) is 0 Å². The molecule has 6 nitrogen and oxygen atoms in total. The lowest BCUT2D eigenvalue weighted by Crippen LogP contribution is -2.25. The molecule has 0 heterocycles. The number of rotatable bonds is 36. The van der Waals surface area contributed by atoms with Crippen molar-refractivity contribution in [2.24, 2.45) is 11.8 Å². The van der Waals surface area contributed by atoms with Crippen LogP contribution in [0, 0.1) is 11.8 Å². The summed E-state index contributed by atoms with van der Waals surface area (Å²) in [7, 11) is 0. The highest BCUT2D eigenvalue weighted by molar-refractivity contribution is 5.70. The Bertz CT molecular complexity index is 763. The molecule has 6 heteroatoms. The van der Waals surface area contributed by atoms with Gasteiger partial charge in [-0.1, -0.05) is 141 Å². The van der Waals surface area contributed by atoms with E-state index in [4.69, 9.17) is 5.11 Å². The Morgan fingerprint density at radius 1 is 0.489 bits per heavy atom. The minimum atomic E-state index is -0.702. The summed E-state index contributed by atoms with van der Waals surface area (Å²) in [6.07, 6.45) is 37.3. The summed E-state index contributed by atoms with van der Waals surface area (Å²) < 4.78 is 0. The minimum absolute atomic E-state index is 0.131. The molecule has 0 amide bonds. The smallest absolute Gasteiger partial charge is 0.306 e.